The first-order valence-electron chi connectivity index (χ1n) is 7.76. The summed E-state index contributed by atoms with van der Waals surface area (Å²) in [5.74, 6) is 0.341. The summed E-state index contributed by atoms with van der Waals surface area (Å²) in [6.07, 6.45) is 0.605. The van der Waals surface area contributed by atoms with Crippen LogP contribution in [-0.2, 0) is 4.79 Å². The lowest BCUT2D eigenvalue weighted by Crippen LogP contribution is -2.52. The van der Waals surface area contributed by atoms with Crippen molar-refractivity contribution in [3.05, 3.63) is 35.9 Å². The Balaban J connectivity index is 1.91. The monoisotopic (exact) mass is 290 g/mol. The van der Waals surface area contributed by atoms with Crippen LogP contribution in [0, 0.1) is 5.92 Å². The van der Waals surface area contributed by atoms with E-state index in [0.717, 1.165) is 18.5 Å². The molecular weight excluding hydrogens is 264 g/mol. The Bertz CT molecular complexity index is 463. The Hall–Kier alpha value is -1.39. The fraction of sp³-hybridized carbons (Fsp3) is 0.588. The molecule has 1 aliphatic rings. The molecule has 0 spiro atoms. The van der Waals surface area contributed by atoms with Crippen molar-refractivity contribution in [2.75, 3.05) is 13.1 Å². The van der Waals surface area contributed by atoms with Crippen LogP contribution in [0.3, 0.4) is 0 Å². The number of amides is 1. The van der Waals surface area contributed by atoms with Crippen molar-refractivity contribution in [3.63, 3.8) is 0 Å². The quantitative estimate of drug-likeness (QED) is 0.891. The Kier molecular flexibility index (Phi) is 5.37. The third-order valence-electron chi connectivity index (χ3n) is 4.54. The number of carbonyl (C=O) groups excluding carboxylic acids is 1. The summed E-state index contributed by atoms with van der Waals surface area (Å²) in [6, 6.07) is 9.74. The maximum atomic E-state index is 12.4. The molecular formula is C17H26N2O2. The number of carbonyl (C=O) groups is 1. The highest BCUT2D eigenvalue weighted by molar-refractivity contribution is 5.81. The average Bonchev–Trinajstić information content (AvgIpc) is 2.50. The molecule has 0 saturated carbocycles. The van der Waals surface area contributed by atoms with Gasteiger partial charge in [-0.05, 0) is 38.3 Å². The number of hydrogen-bond acceptors (Lipinski definition) is 3. The summed E-state index contributed by atoms with van der Waals surface area (Å²) < 4.78 is 0. The van der Waals surface area contributed by atoms with Crippen LogP contribution in [0.2, 0.25) is 0 Å². The molecule has 1 saturated heterocycles. The predicted octanol–water partition coefficient (Wildman–Crippen LogP) is 1.95. The van der Waals surface area contributed by atoms with Gasteiger partial charge in [0.2, 0.25) is 5.91 Å². The smallest absolute Gasteiger partial charge is 0.237 e. The molecule has 1 aromatic carbocycles. The van der Waals surface area contributed by atoms with Crippen LogP contribution >= 0.6 is 0 Å². The molecule has 4 atom stereocenters. The normalized spacial score (nSPS) is 26.1. The number of β-amino-alcohol motifs (C(OH)–C–C–N with tert-alkyl or cyclic N) is 1. The Morgan fingerprint density at radius 1 is 1.33 bits per heavy atom. The van der Waals surface area contributed by atoms with Gasteiger partial charge < -0.3 is 10.4 Å². The minimum Gasteiger partial charge on any atom is -0.392 e. The van der Waals surface area contributed by atoms with E-state index in [2.05, 4.69) is 17.1 Å². The molecule has 1 fully saturated rings. The van der Waals surface area contributed by atoms with E-state index in [0.29, 0.717) is 12.5 Å². The van der Waals surface area contributed by atoms with Crippen molar-refractivity contribution < 1.29 is 9.90 Å². The van der Waals surface area contributed by atoms with E-state index in [1.165, 1.54) is 0 Å². The summed E-state index contributed by atoms with van der Waals surface area (Å²) >= 11 is 0. The first kappa shape index (κ1) is 16.0. The minimum atomic E-state index is -0.333. The van der Waals surface area contributed by atoms with Gasteiger partial charge in [-0.1, -0.05) is 37.3 Å². The van der Waals surface area contributed by atoms with Crippen LogP contribution in [-0.4, -0.2) is 41.1 Å². The molecule has 21 heavy (non-hydrogen) atoms. The van der Waals surface area contributed by atoms with Gasteiger partial charge >= 0.3 is 0 Å². The van der Waals surface area contributed by atoms with Crippen molar-refractivity contribution in [3.8, 4) is 0 Å². The summed E-state index contributed by atoms with van der Waals surface area (Å²) in [7, 11) is 0. The fourth-order valence-electron chi connectivity index (χ4n) is 2.75. The van der Waals surface area contributed by atoms with Crippen LogP contribution in [0.15, 0.2) is 30.3 Å². The number of piperidine rings is 1. The number of aliphatic hydroxyl groups excluding tert-OH is 1. The second-order valence-electron chi connectivity index (χ2n) is 6.15. The topological polar surface area (TPSA) is 52.6 Å². The summed E-state index contributed by atoms with van der Waals surface area (Å²) in [6.45, 7) is 7.41. The lowest BCUT2D eigenvalue weighted by atomic mass is 9.95. The van der Waals surface area contributed by atoms with Crippen LogP contribution < -0.4 is 5.32 Å². The number of hydrogen-bond donors (Lipinski definition) is 2. The average molecular weight is 290 g/mol. The zero-order valence-corrected chi connectivity index (χ0v) is 13.1. The lowest BCUT2D eigenvalue weighted by molar-refractivity contribution is -0.128. The highest BCUT2D eigenvalue weighted by Gasteiger charge is 2.30. The van der Waals surface area contributed by atoms with Gasteiger partial charge in [0.05, 0.1) is 18.2 Å². The number of aliphatic hydroxyl groups is 1. The van der Waals surface area contributed by atoms with Gasteiger partial charge in [-0.2, -0.15) is 0 Å². The van der Waals surface area contributed by atoms with Crippen molar-refractivity contribution >= 4 is 5.91 Å². The van der Waals surface area contributed by atoms with Crippen LogP contribution in [0.1, 0.15) is 38.8 Å². The molecule has 1 aliphatic heterocycles. The van der Waals surface area contributed by atoms with Crippen LogP contribution in [0.4, 0.5) is 0 Å². The van der Waals surface area contributed by atoms with Gasteiger partial charge in [0.25, 0.3) is 0 Å². The van der Waals surface area contributed by atoms with E-state index in [4.69, 9.17) is 0 Å². The number of benzene rings is 1. The first-order valence-corrected chi connectivity index (χ1v) is 7.76. The molecule has 1 amide bonds. The maximum absolute atomic E-state index is 12.4. The third kappa shape index (κ3) is 4.05. The summed E-state index contributed by atoms with van der Waals surface area (Å²) in [4.78, 5) is 14.4. The SMILES string of the molecule is CC(NC(=O)C(C)N1CCC(C)C(O)C1)c1ccccc1. The second-order valence-corrected chi connectivity index (χ2v) is 6.15. The molecule has 1 heterocycles. The molecule has 2 rings (SSSR count). The molecule has 0 radical (unpaired) electrons. The number of rotatable bonds is 4. The molecule has 0 bridgehead atoms. The highest BCUT2D eigenvalue weighted by atomic mass is 16.3. The molecule has 0 aromatic heterocycles. The van der Waals surface area contributed by atoms with Gasteiger partial charge in [0.15, 0.2) is 0 Å². The Labute approximate surface area is 127 Å². The van der Waals surface area contributed by atoms with E-state index in [-0.39, 0.29) is 24.1 Å². The van der Waals surface area contributed by atoms with E-state index in [1.807, 2.05) is 44.2 Å². The lowest BCUT2D eigenvalue weighted by Gasteiger charge is -2.37. The first-order chi connectivity index (χ1) is 9.99. The standard InChI is InChI=1S/C17H26N2O2/c1-12-9-10-19(11-16(12)20)14(3)17(21)18-13(2)15-7-5-4-6-8-15/h4-8,12-14,16,20H,9-11H2,1-3H3,(H,18,21). The second kappa shape index (κ2) is 7.05. The predicted molar refractivity (Wildman–Crippen MR) is 83.8 cm³/mol. The fourth-order valence-corrected chi connectivity index (χ4v) is 2.75. The molecule has 116 valence electrons. The third-order valence-corrected chi connectivity index (χ3v) is 4.54. The van der Waals surface area contributed by atoms with Crippen LogP contribution in [0.5, 0.6) is 0 Å². The van der Waals surface area contributed by atoms with Crippen molar-refractivity contribution in [2.45, 2.75) is 45.4 Å². The minimum absolute atomic E-state index is 0.00483. The molecule has 4 heteroatoms. The van der Waals surface area contributed by atoms with E-state index >= 15 is 0 Å². The molecule has 4 nitrogen and oxygen atoms in total. The number of nitrogens with one attached hydrogen (secondary N) is 1. The zero-order valence-electron chi connectivity index (χ0n) is 13.1. The van der Waals surface area contributed by atoms with E-state index in [1.54, 1.807) is 0 Å². The van der Waals surface area contributed by atoms with Crippen molar-refractivity contribution in [1.29, 1.82) is 0 Å². The van der Waals surface area contributed by atoms with Gasteiger partial charge in [-0.3, -0.25) is 9.69 Å². The highest BCUT2D eigenvalue weighted by Crippen LogP contribution is 2.19. The van der Waals surface area contributed by atoms with Gasteiger partial charge in [0, 0.05) is 6.54 Å². The molecule has 0 aliphatic carbocycles. The van der Waals surface area contributed by atoms with Gasteiger partial charge in [-0.15, -0.1) is 0 Å². The van der Waals surface area contributed by atoms with E-state index < -0.39 is 0 Å². The molecule has 4 unspecified atom stereocenters. The maximum Gasteiger partial charge on any atom is 0.237 e. The van der Waals surface area contributed by atoms with Crippen LogP contribution in [0.25, 0.3) is 0 Å². The van der Waals surface area contributed by atoms with Gasteiger partial charge in [-0.25, -0.2) is 0 Å². The summed E-state index contributed by atoms with van der Waals surface area (Å²) in [5, 5.41) is 13.0. The number of likely N-dealkylation sites (tertiary alicyclic amines) is 1. The van der Waals surface area contributed by atoms with E-state index in [9.17, 15) is 9.90 Å². The Morgan fingerprint density at radius 2 is 2.00 bits per heavy atom. The molecule has 2 N–H and O–H groups in total. The van der Waals surface area contributed by atoms with Crippen molar-refractivity contribution in [2.24, 2.45) is 5.92 Å². The molecule has 1 aromatic rings. The number of nitrogens with zero attached hydrogens (tertiary/aromatic N) is 1. The Morgan fingerprint density at radius 3 is 2.62 bits per heavy atom. The largest absolute Gasteiger partial charge is 0.392 e. The van der Waals surface area contributed by atoms with Crippen molar-refractivity contribution in [1.82, 2.24) is 10.2 Å². The summed E-state index contributed by atoms with van der Waals surface area (Å²) in [5.41, 5.74) is 1.10. The zero-order chi connectivity index (χ0) is 15.4. The van der Waals surface area contributed by atoms with Gasteiger partial charge in [0.1, 0.15) is 0 Å².